The molecular weight excluding hydrogens is 232 g/mol. The highest BCUT2D eigenvalue weighted by Crippen LogP contribution is 2.17. The van der Waals surface area contributed by atoms with Crippen molar-refractivity contribution in [1.82, 2.24) is 10.2 Å². The zero-order valence-corrected chi connectivity index (χ0v) is 11.6. The maximum absolute atomic E-state index is 3.81. The molecule has 0 aromatic heterocycles. The Labute approximate surface area is 116 Å². The maximum atomic E-state index is 3.81. The van der Waals surface area contributed by atoms with Crippen molar-refractivity contribution < 1.29 is 0 Å². The van der Waals surface area contributed by atoms with Crippen LogP contribution < -0.4 is 5.32 Å². The van der Waals surface area contributed by atoms with E-state index < -0.39 is 0 Å². The van der Waals surface area contributed by atoms with Crippen LogP contribution in [0.2, 0.25) is 0 Å². The monoisotopic (exact) mass is 256 g/mol. The van der Waals surface area contributed by atoms with Gasteiger partial charge in [-0.05, 0) is 44.3 Å². The van der Waals surface area contributed by atoms with E-state index in [2.05, 4.69) is 52.7 Å². The van der Waals surface area contributed by atoms with Crippen molar-refractivity contribution >= 4 is 0 Å². The first-order valence-electron chi connectivity index (χ1n) is 7.57. The minimum atomic E-state index is 0.714. The third kappa shape index (κ3) is 3.68. The molecule has 0 atom stereocenters. The van der Waals surface area contributed by atoms with Crippen LogP contribution in [0.3, 0.4) is 0 Å². The number of hydrogen-bond donors (Lipinski definition) is 1. The molecule has 0 bridgehead atoms. The van der Waals surface area contributed by atoms with Gasteiger partial charge in [0, 0.05) is 18.6 Å². The molecule has 1 aliphatic carbocycles. The first-order chi connectivity index (χ1) is 9.40. The molecule has 1 saturated heterocycles. The fourth-order valence-electron chi connectivity index (χ4n) is 3.19. The van der Waals surface area contributed by atoms with Gasteiger partial charge in [-0.2, -0.15) is 0 Å². The fraction of sp³-hybridized carbons (Fsp3) is 0.529. The molecule has 1 aromatic rings. The number of nitrogens with zero attached hydrogens (tertiary/aromatic N) is 1. The van der Waals surface area contributed by atoms with Gasteiger partial charge in [-0.15, -0.1) is 0 Å². The molecule has 1 heterocycles. The van der Waals surface area contributed by atoms with Crippen molar-refractivity contribution in [3.8, 4) is 0 Å². The van der Waals surface area contributed by atoms with Crippen LogP contribution in [-0.4, -0.2) is 30.1 Å². The quantitative estimate of drug-likeness (QED) is 0.833. The third-order valence-electron chi connectivity index (χ3n) is 4.32. The van der Waals surface area contributed by atoms with E-state index >= 15 is 0 Å². The normalized spacial score (nSPS) is 22.1. The number of nitrogens with one attached hydrogen (secondary N) is 1. The SMILES string of the molecule is C1=CCC(NC2CCN(Cc3ccccc3)CC2)C1. The van der Waals surface area contributed by atoms with E-state index in [0.717, 1.165) is 12.6 Å². The second-order valence-corrected chi connectivity index (χ2v) is 5.84. The van der Waals surface area contributed by atoms with Crippen molar-refractivity contribution in [1.29, 1.82) is 0 Å². The second-order valence-electron chi connectivity index (χ2n) is 5.84. The highest BCUT2D eigenvalue weighted by Gasteiger charge is 2.21. The number of likely N-dealkylation sites (tertiary alicyclic amines) is 1. The number of rotatable bonds is 4. The van der Waals surface area contributed by atoms with Gasteiger partial charge in [0.2, 0.25) is 0 Å². The topological polar surface area (TPSA) is 15.3 Å². The van der Waals surface area contributed by atoms with E-state index in [1.807, 2.05) is 0 Å². The van der Waals surface area contributed by atoms with Gasteiger partial charge in [0.25, 0.3) is 0 Å². The standard InChI is InChI=1S/C17H24N2/c1-2-6-15(7-3-1)14-19-12-10-17(11-13-19)18-16-8-4-5-9-16/h1-7,16-18H,8-14H2. The summed E-state index contributed by atoms with van der Waals surface area (Å²) in [6, 6.07) is 12.3. The van der Waals surface area contributed by atoms with Gasteiger partial charge in [0.15, 0.2) is 0 Å². The minimum absolute atomic E-state index is 0.714. The summed E-state index contributed by atoms with van der Waals surface area (Å²) in [7, 11) is 0. The maximum Gasteiger partial charge on any atom is 0.0233 e. The molecule has 19 heavy (non-hydrogen) atoms. The molecule has 1 aliphatic heterocycles. The van der Waals surface area contributed by atoms with Crippen molar-refractivity contribution in [2.24, 2.45) is 0 Å². The van der Waals surface area contributed by atoms with Crippen LogP contribution in [-0.2, 0) is 6.54 Å². The minimum Gasteiger partial charge on any atom is -0.311 e. The summed E-state index contributed by atoms with van der Waals surface area (Å²) in [5.74, 6) is 0. The molecule has 1 aromatic carbocycles. The summed E-state index contributed by atoms with van der Waals surface area (Å²) in [6.45, 7) is 3.57. The number of piperidine rings is 1. The van der Waals surface area contributed by atoms with Crippen molar-refractivity contribution in [2.45, 2.75) is 44.3 Å². The molecule has 1 fully saturated rings. The molecule has 102 valence electrons. The lowest BCUT2D eigenvalue weighted by Gasteiger charge is -2.34. The predicted octanol–water partition coefficient (Wildman–Crippen LogP) is 2.96. The summed E-state index contributed by atoms with van der Waals surface area (Å²) in [5.41, 5.74) is 1.44. The van der Waals surface area contributed by atoms with Crippen molar-refractivity contribution in [3.63, 3.8) is 0 Å². The van der Waals surface area contributed by atoms with Crippen LogP contribution in [0.25, 0.3) is 0 Å². The smallest absolute Gasteiger partial charge is 0.0233 e. The Balaban J connectivity index is 1.42. The van der Waals surface area contributed by atoms with E-state index in [4.69, 9.17) is 0 Å². The Morgan fingerprint density at radius 2 is 1.63 bits per heavy atom. The van der Waals surface area contributed by atoms with E-state index in [0.29, 0.717) is 6.04 Å². The van der Waals surface area contributed by atoms with Crippen LogP contribution >= 0.6 is 0 Å². The zero-order valence-electron chi connectivity index (χ0n) is 11.6. The van der Waals surface area contributed by atoms with E-state index in [9.17, 15) is 0 Å². The zero-order chi connectivity index (χ0) is 12.9. The lowest BCUT2D eigenvalue weighted by Crippen LogP contribution is -2.45. The Morgan fingerprint density at radius 3 is 2.32 bits per heavy atom. The summed E-state index contributed by atoms with van der Waals surface area (Å²) in [6.07, 6.45) is 9.66. The average Bonchev–Trinajstić information content (AvgIpc) is 2.95. The fourth-order valence-corrected chi connectivity index (χ4v) is 3.19. The first-order valence-corrected chi connectivity index (χ1v) is 7.57. The molecule has 1 N–H and O–H groups in total. The largest absolute Gasteiger partial charge is 0.311 e. The third-order valence-corrected chi connectivity index (χ3v) is 4.32. The molecule has 2 heteroatoms. The number of hydrogen-bond acceptors (Lipinski definition) is 2. The van der Waals surface area contributed by atoms with Gasteiger partial charge in [-0.3, -0.25) is 4.90 Å². The molecule has 0 amide bonds. The Morgan fingerprint density at radius 1 is 0.947 bits per heavy atom. The van der Waals surface area contributed by atoms with Gasteiger partial charge >= 0.3 is 0 Å². The highest BCUT2D eigenvalue weighted by atomic mass is 15.1. The molecule has 3 rings (SSSR count). The Hall–Kier alpha value is -1.12. The van der Waals surface area contributed by atoms with E-state index in [-0.39, 0.29) is 0 Å². The lowest BCUT2D eigenvalue weighted by molar-refractivity contribution is 0.184. The Kier molecular flexibility index (Phi) is 4.31. The molecular formula is C17H24N2. The molecule has 2 nitrogen and oxygen atoms in total. The van der Waals surface area contributed by atoms with E-state index in [1.54, 1.807) is 0 Å². The average molecular weight is 256 g/mol. The lowest BCUT2D eigenvalue weighted by atomic mass is 10.0. The Bertz CT molecular complexity index is 397. The second kappa shape index (κ2) is 6.36. The molecule has 2 aliphatic rings. The van der Waals surface area contributed by atoms with Gasteiger partial charge in [0.1, 0.15) is 0 Å². The van der Waals surface area contributed by atoms with Crippen LogP contribution in [0.5, 0.6) is 0 Å². The van der Waals surface area contributed by atoms with Crippen LogP contribution in [0.15, 0.2) is 42.5 Å². The van der Waals surface area contributed by atoms with Crippen molar-refractivity contribution in [3.05, 3.63) is 48.0 Å². The summed E-state index contributed by atoms with van der Waals surface area (Å²) in [4.78, 5) is 2.58. The molecule has 0 radical (unpaired) electrons. The first kappa shape index (κ1) is 12.9. The van der Waals surface area contributed by atoms with Crippen molar-refractivity contribution in [2.75, 3.05) is 13.1 Å². The predicted molar refractivity (Wildman–Crippen MR) is 80.0 cm³/mol. The number of benzene rings is 1. The van der Waals surface area contributed by atoms with Gasteiger partial charge < -0.3 is 5.32 Å². The van der Waals surface area contributed by atoms with Crippen LogP contribution in [0.4, 0.5) is 0 Å². The summed E-state index contributed by atoms with van der Waals surface area (Å²) in [5, 5.41) is 3.81. The van der Waals surface area contributed by atoms with Crippen LogP contribution in [0.1, 0.15) is 31.2 Å². The van der Waals surface area contributed by atoms with Gasteiger partial charge in [0.05, 0.1) is 0 Å². The van der Waals surface area contributed by atoms with Crippen LogP contribution in [0, 0.1) is 0 Å². The summed E-state index contributed by atoms with van der Waals surface area (Å²) >= 11 is 0. The van der Waals surface area contributed by atoms with E-state index in [1.165, 1.54) is 44.3 Å². The highest BCUT2D eigenvalue weighted by molar-refractivity contribution is 5.14. The van der Waals surface area contributed by atoms with Gasteiger partial charge in [-0.1, -0.05) is 42.5 Å². The summed E-state index contributed by atoms with van der Waals surface area (Å²) < 4.78 is 0. The molecule has 0 saturated carbocycles. The molecule has 0 unspecified atom stereocenters. The molecule has 0 spiro atoms. The van der Waals surface area contributed by atoms with Gasteiger partial charge in [-0.25, -0.2) is 0 Å².